The molecule has 0 fully saturated rings. The number of hydrogen-bond donors (Lipinski definition) is 2. The molecule has 0 aliphatic carbocycles. The number of halogens is 2. The maximum absolute atomic E-state index is 12.7. The Morgan fingerprint density at radius 1 is 1.03 bits per heavy atom. The van der Waals surface area contributed by atoms with Crippen LogP contribution in [0.4, 0.5) is 11.4 Å². The first-order valence-corrected chi connectivity index (χ1v) is 9.93. The summed E-state index contributed by atoms with van der Waals surface area (Å²) in [7, 11) is 0. The number of nitrogens with two attached hydrogens (primary N) is 1. The van der Waals surface area contributed by atoms with Crippen LogP contribution >= 0.6 is 23.2 Å². The van der Waals surface area contributed by atoms with Crippen LogP contribution in [-0.4, -0.2) is 15.5 Å². The molecule has 1 heterocycles. The second kappa shape index (κ2) is 8.65. The predicted octanol–water partition coefficient (Wildman–Crippen LogP) is 5.14. The van der Waals surface area contributed by atoms with Crippen molar-refractivity contribution in [2.24, 2.45) is 0 Å². The number of anilines is 2. The fourth-order valence-corrected chi connectivity index (χ4v) is 3.56. The van der Waals surface area contributed by atoms with Gasteiger partial charge in [0.2, 0.25) is 5.91 Å². The summed E-state index contributed by atoms with van der Waals surface area (Å²) in [4.78, 5) is 17.4. The van der Waals surface area contributed by atoms with Gasteiger partial charge in [-0.3, -0.25) is 4.79 Å². The number of aromatic nitrogens is 2. The quantitative estimate of drug-likeness (QED) is 0.406. The fourth-order valence-electron chi connectivity index (χ4n) is 3.08. The van der Waals surface area contributed by atoms with E-state index in [2.05, 4.69) is 10.3 Å². The van der Waals surface area contributed by atoms with E-state index in [1.165, 1.54) is 0 Å². The lowest BCUT2D eigenvalue weighted by Crippen LogP contribution is -2.21. The number of amides is 1. The van der Waals surface area contributed by atoms with Crippen molar-refractivity contribution >= 4 is 51.5 Å². The monoisotopic (exact) mass is 440 g/mol. The molecule has 1 aromatic heterocycles. The number of fused-ring (bicyclic) bond motifs is 1. The smallest absolute Gasteiger partial charge is 0.244 e. The average molecular weight is 441 g/mol. The topological polar surface area (TPSA) is 82.2 Å². The van der Waals surface area contributed by atoms with Gasteiger partial charge in [-0.1, -0.05) is 53.5 Å². The van der Waals surface area contributed by atoms with E-state index in [0.717, 1.165) is 16.8 Å². The van der Waals surface area contributed by atoms with Crippen molar-refractivity contribution in [3.05, 3.63) is 82.6 Å². The molecule has 0 aliphatic rings. The molecule has 0 saturated heterocycles. The van der Waals surface area contributed by atoms with Crippen molar-refractivity contribution in [3.8, 4) is 5.75 Å². The minimum absolute atomic E-state index is 0.0492. The maximum atomic E-state index is 12.7. The normalized spacial score (nSPS) is 10.9. The highest BCUT2D eigenvalue weighted by Crippen LogP contribution is 2.31. The fraction of sp³-hybridized carbons (Fsp3) is 0.0909. The van der Waals surface area contributed by atoms with Gasteiger partial charge < -0.3 is 20.4 Å². The number of rotatable bonds is 6. The summed E-state index contributed by atoms with van der Waals surface area (Å²) in [5, 5.41) is 3.36. The van der Waals surface area contributed by atoms with Gasteiger partial charge in [-0.25, -0.2) is 4.98 Å². The van der Waals surface area contributed by atoms with Crippen molar-refractivity contribution in [2.75, 3.05) is 11.1 Å². The van der Waals surface area contributed by atoms with Crippen molar-refractivity contribution < 1.29 is 9.53 Å². The number of hydrogen-bond acceptors (Lipinski definition) is 4. The van der Waals surface area contributed by atoms with Crippen molar-refractivity contribution in [3.63, 3.8) is 0 Å². The Labute approximate surface area is 183 Å². The van der Waals surface area contributed by atoms with Crippen LogP contribution in [0.3, 0.4) is 0 Å². The standard InChI is InChI=1S/C22H18Cl2N4O2/c23-16-10-14(11-17(24)22(16)25)26-21(29)12-28-19-9-5-4-8-18(19)27-20(28)13-30-15-6-2-1-3-7-15/h1-11H,12-13,25H2,(H,26,29). The molecule has 0 unspecified atom stereocenters. The molecular weight excluding hydrogens is 423 g/mol. The molecule has 6 nitrogen and oxygen atoms in total. The van der Waals surface area contributed by atoms with E-state index in [4.69, 9.17) is 33.7 Å². The summed E-state index contributed by atoms with van der Waals surface area (Å²) in [6.45, 7) is 0.277. The van der Waals surface area contributed by atoms with E-state index in [1.807, 2.05) is 59.2 Å². The van der Waals surface area contributed by atoms with Gasteiger partial charge in [0.05, 0.1) is 26.8 Å². The van der Waals surface area contributed by atoms with Gasteiger partial charge in [-0.05, 0) is 36.4 Å². The van der Waals surface area contributed by atoms with Crippen molar-refractivity contribution in [2.45, 2.75) is 13.2 Å². The van der Waals surface area contributed by atoms with Crippen LogP contribution in [0.2, 0.25) is 10.0 Å². The van der Waals surface area contributed by atoms with Crippen LogP contribution < -0.4 is 15.8 Å². The molecular formula is C22H18Cl2N4O2. The molecule has 0 spiro atoms. The average Bonchev–Trinajstić information content (AvgIpc) is 3.08. The first-order valence-electron chi connectivity index (χ1n) is 9.17. The SMILES string of the molecule is Nc1c(Cl)cc(NC(=O)Cn2c(COc3ccccc3)nc3ccccc32)cc1Cl. The molecule has 30 heavy (non-hydrogen) atoms. The third-order valence-electron chi connectivity index (χ3n) is 4.51. The molecule has 0 radical (unpaired) electrons. The molecule has 1 amide bonds. The van der Waals surface area contributed by atoms with Gasteiger partial charge in [0, 0.05) is 5.69 Å². The van der Waals surface area contributed by atoms with Crippen LogP contribution in [0.5, 0.6) is 5.75 Å². The molecule has 152 valence electrons. The molecule has 0 saturated carbocycles. The van der Waals surface area contributed by atoms with E-state index < -0.39 is 0 Å². The van der Waals surface area contributed by atoms with E-state index in [-0.39, 0.29) is 34.8 Å². The number of nitrogens with one attached hydrogen (secondary N) is 1. The second-order valence-electron chi connectivity index (χ2n) is 6.61. The van der Waals surface area contributed by atoms with E-state index in [1.54, 1.807) is 12.1 Å². The van der Waals surface area contributed by atoms with E-state index in [9.17, 15) is 4.79 Å². The molecule has 0 atom stereocenters. The van der Waals surface area contributed by atoms with Gasteiger partial charge in [0.25, 0.3) is 0 Å². The van der Waals surface area contributed by atoms with Crippen LogP contribution in [0.1, 0.15) is 5.82 Å². The number of nitrogen functional groups attached to an aromatic ring is 1. The highest BCUT2D eigenvalue weighted by Gasteiger charge is 2.15. The molecule has 3 aromatic carbocycles. The number of imidazole rings is 1. The lowest BCUT2D eigenvalue weighted by Gasteiger charge is -2.12. The molecule has 0 aliphatic heterocycles. The van der Waals surface area contributed by atoms with Crippen LogP contribution in [0.15, 0.2) is 66.7 Å². The summed E-state index contributed by atoms with van der Waals surface area (Å²) in [5.41, 5.74) is 8.12. The van der Waals surface area contributed by atoms with Crippen molar-refractivity contribution in [1.82, 2.24) is 9.55 Å². The Morgan fingerprint density at radius 2 is 1.70 bits per heavy atom. The first kappa shape index (κ1) is 20.1. The van der Waals surface area contributed by atoms with E-state index in [0.29, 0.717) is 11.5 Å². The summed E-state index contributed by atoms with van der Waals surface area (Å²) < 4.78 is 7.67. The largest absolute Gasteiger partial charge is 0.486 e. The zero-order valence-electron chi connectivity index (χ0n) is 15.8. The maximum Gasteiger partial charge on any atom is 0.244 e. The van der Waals surface area contributed by atoms with Gasteiger partial charge in [0.1, 0.15) is 24.7 Å². The van der Waals surface area contributed by atoms with E-state index >= 15 is 0 Å². The Balaban J connectivity index is 1.57. The Bertz CT molecular complexity index is 1190. The van der Waals surface area contributed by atoms with Gasteiger partial charge in [-0.2, -0.15) is 0 Å². The minimum Gasteiger partial charge on any atom is -0.486 e. The number of para-hydroxylation sites is 3. The number of carbonyl (C=O) groups is 1. The van der Waals surface area contributed by atoms with Crippen molar-refractivity contribution in [1.29, 1.82) is 0 Å². The van der Waals surface area contributed by atoms with Gasteiger partial charge >= 0.3 is 0 Å². The Morgan fingerprint density at radius 3 is 2.43 bits per heavy atom. The molecule has 4 aromatic rings. The van der Waals surface area contributed by atoms with Crippen LogP contribution in [-0.2, 0) is 17.9 Å². The lowest BCUT2D eigenvalue weighted by molar-refractivity contribution is -0.116. The second-order valence-corrected chi connectivity index (χ2v) is 7.42. The van der Waals surface area contributed by atoms with Gasteiger partial charge in [0.15, 0.2) is 0 Å². The summed E-state index contributed by atoms with van der Waals surface area (Å²) in [6, 6.07) is 20.2. The number of nitrogens with zero attached hydrogens (tertiary/aromatic N) is 2. The lowest BCUT2D eigenvalue weighted by atomic mass is 10.2. The minimum atomic E-state index is -0.254. The van der Waals surface area contributed by atoms with Crippen LogP contribution in [0, 0.1) is 0 Å². The third kappa shape index (κ3) is 4.35. The molecule has 4 rings (SSSR count). The molecule has 3 N–H and O–H groups in total. The first-order chi connectivity index (χ1) is 14.5. The summed E-state index contributed by atoms with van der Waals surface area (Å²) in [5.74, 6) is 1.12. The number of benzene rings is 3. The Hall–Kier alpha value is -3.22. The van der Waals surface area contributed by atoms with Gasteiger partial charge in [-0.15, -0.1) is 0 Å². The third-order valence-corrected chi connectivity index (χ3v) is 5.13. The van der Waals surface area contributed by atoms with Crippen LogP contribution in [0.25, 0.3) is 11.0 Å². The number of ether oxygens (including phenoxy) is 1. The zero-order chi connectivity index (χ0) is 21.1. The Kier molecular flexibility index (Phi) is 5.79. The number of carbonyl (C=O) groups excluding carboxylic acids is 1. The zero-order valence-corrected chi connectivity index (χ0v) is 17.3. The molecule has 8 heteroatoms. The highest BCUT2D eigenvalue weighted by molar-refractivity contribution is 6.39. The summed E-state index contributed by atoms with van der Waals surface area (Å²) >= 11 is 12.1. The predicted molar refractivity (Wildman–Crippen MR) is 120 cm³/mol. The summed E-state index contributed by atoms with van der Waals surface area (Å²) in [6.07, 6.45) is 0. The molecule has 0 bridgehead atoms. The highest BCUT2D eigenvalue weighted by atomic mass is 35.5.